The van der Waals surface area contributed by atoms with Gasteiger partial charge in [-0.25, -0.2) is 4.98 Å². The van der Waals surface area contributed by atoms with E-state index < -0.39 is 10.8 Å². The van der Waals surface area contributed by atoms with Gasteiger partial charge in [0.1, 0.15) is 11.4 Å². The second kappa shape index (κ2) is 6.72. The summed E-state index contributed by atoms with van der Waals surface area (Å²) in [4.78, 5) is 42.7. The first-order valence-electron chi connectivity index (χ1n) is 8.68. The zero-order chi connectivity index (χ0) is 19.8. The fraction of sp³-hybridized carbons (Fsp3) is 0.222. The molecule has 10 heteroatoms. The SMILES string of the molecule is Cc1cc(NC(=O)c2ccccc2[N+](=O)[O-])n(-c2nc3c(c(=O)[nH]2)CCC3)n1. The Labute approximate surface area is 158 Å². The molecule has 1 aliphatic rings. The third-order valence-electron chi connectivity index (χ3n) is 4.55. The Morgan fingerprint density at radius 2 is 2.11 bits per heavy atom. The van der Waals surface area contributed by atoms with Gasteiger partial charge in [-0.15, -0.1) is 0 Å². The number of rotatable bonds is 4. The van der Waals surface area contributed by atoms with Gasteiger partial charge in [0.2, 0.25) is 5.95 Å². The Morgan fingerprint density at radius 1 is 1.32 bits per heavy atom. The maximum Gasteiger partial charge on any atom is 0.282 e. The fourth-order valence-corrected chi connectivity index (χ4v) is 3.29. The number of nitro benzene ring substituents is 1. The molecule has 0 unspecified atom stereocenters. The van der Waals surface area contributed by atoms with Gasteiger partial charge < -0.3 is 5.32 Å². The van der Waals surface area contributed by atoms with Crippen molar-refractivity contribution in [3.8, 4) is 5.95 Å². The molecular weight excluding hydrogens is 364 g/mol. The highest BCUT2D eigenvalue weighted by Crippen LogP contribution is 2.22. The minimum atomic E-state index is -0.656. The van der Waals surface area contributed by atoms with Gasteiger partial charge in [0, 0.05) is 17.7 Å². The third kappa shape index (κ3) is 3.04. The number of aryl methyl sites for hydroxylation is 2. The van der Waals surface area contributed by atoms with Gasteiger partial charge >= 0.3 is 0 Å². The number of fused-ring (bicyclic) bond motifs is 1. The monoisotopic (exact) mass is 380 g/mol. The van der Waals surface area contributed by atoms with Crippen LogP contribution in [0.4, 0.5) is 11.5 Å². The Hall–Kier alpha value is -3.82. The zero-order valence-electron chi connectivity index (χ0n) is 14.9. The van der Waals surface area contributed by atoms with Crippen LogP contribution < -0.4 is 10.9 Å². The number of hydrogen-bond acceptors (Lipinski definition) is 6. The molecule has 0 saturated heterocycles. The molecule has 0 aliphatic heterocycles. The molecule has 0 atom stereocenters. The van der Waals surface area contributed by atoms with Crippen molar-refractivity contribution in [3.05, 3.63) is 73.3 Å². The van der Waals surface area contributed by atoms with Crippen LogP contribution in [-0.2, 0) is 12.8 Å². The van der Waals surface area contributed by atoms with Gasteiger partial charge in [0.05, 0.1) is 16.3 Å². The lowest BCUT2D eigenvalue weighted by atomic mass is 10.1. The average Bonchev–Trinajstić information content (AvgIpc) is 3.28. The molecule has 0 bridgehead atoms. The number of carbonyl (C=O) groups is 1. The number of benzene rings is 1. The molecule has 1 amide bonds. The van der Waals surface area contributed by atoms with E-state index in [1.54, 1.807) is 19.1 Å². The van der Waals surface area contributed by atoms with Gasteiger partial charge in [-0.2, -0.15) is 9.78 Å². The van der Waals surface area contributed by atoms with Gasteiger partial charge in [0.25, 0.3) is 17.2 Å². The molecule has 1 aromatic carbocycles. The number of para-hydroxylation sites is 1. The van der Waals surface area contributed by atoms with Crippen molar-refractivity contribution < 1.29 is 9.72 Å². The van der Waals surface area contributed by atoms with Crippen molar-refractivity contribution in [3.63, 3.8) is 0 Å². The standard InChI is InChI=1S/C18H16N6O4/c1-10-9-15(20-17(26)12-5-2-3-8-14(12)24(27)28)23(22-10)18-19-13-7-4-6-11(13)16(25)21-18/h2-3,5,8-9H,4,6-7H2,1H3,(H,20,26)(H,19,21,25). The number of anilines is 1. The first kappa shape index (κ1) is 17.6. The molecule has 0 fully saturated rings. The van der Waals surface area contributed by atoms with Gasteiger partial charge in [0.15, 0.2) is 0 Å². The summed E-state index contributed by atoms with van der Waals surface area (Å²) in [5, 5.41) is 18.1. The van der Waals surface area contributed by atoms with E-state index in [2.05, 4.69) is 20.4 Å². The molecule has 2 aromatic heterocycles. The van der Waals surface area contributed by atoms with Gasteiger partial charge in [-0.05, 0) is 32.3 Å². The van der Waals surface area contributed by atoms with E-state index in [1.807, 2.05) is 0 Å². The molecule has 3 aromatic rings. The summed E-state index contributed by atoms with van der Waals surface area (Å²) in [5.41, 5.74) is 1.39. The van der Waals surface area contributed by atoms with E-state index in [0.717, 1.165) is 12.1 Å². The minimum absolute atomic E-state index is 0.0756. The molecule has 2 N–H and O–H groups in total. The molecule has 2 heterocycles. The fourth-order valence-electron chi connectivity index (χ4n) is 3.29. The Kier molecular flexibility index (Phi) is 4.22. The molecule has 0 spiro atoms. The maximum atomic E-state index is 12.6. The quantitative estimate of drug-likeness (QED) is 0.524. The number of aromatic nitrogens is 4. The summed E-state index contributed by atoms with van der Waals surface area (Å²) in [6.45, 7) is 1.72. The summed E-state index contributed by atoms with van der Waals surface area (Å²) in [6, 6.07) is 7.26. The van der Waals surface area contributed by atoms with Crippen LogP contribution in [0.15, 0.2) is 35.1 Å². The van der Waals surface area contributed by atoms with Crippen molar-refractivity contribution in [1.29, 1.82) is 0 Å². The van der Waals surface area contributed by atoms with Crippen LogP contribution in [0.2, 0.25) is 0 Å². The second-order valence-electron chi connectivity index (χ2n) is 6.48. The molecule has 0 radical (unpaired) electrons. The lowest BCUT2D eigenvalue weighted by Crippen LogP contribution is -2.21. The van der Waals surface area contributed by atoms with Crippen LogP contribution in [0.25, 0.3) is 5.95 Å². The lowest BCUT2D eigenvalue weighted by Gasteiger charge is -2.09. The molecule has 4 rings (SSSR count). The topological polar surface area (TPSA) is 136 Å². The summed E-state index contributed by atoms with van der Waals surface area (Å²) in [5.74, 6) is -0.213. The number of nitrogens with zero attached hydrogens (tertiary/aromatic N) is 4. The van der Waals surface area contributed by atoms with Crippen LogP contribution in [0.5, 0.6) is 0 Å². The van der Waals surface area contributed by atoms with Crippen molar-refractivity contribution in [1.82, 2.24) is 19.7 Å². The second-order valence-corrected chi connectivity index (χ2v) is 6.48. The number of hydrogen-bond donors (Lipinski definition) is 2. The smallest absolute Gasteiger partial charge is 0.282 e. The van der Waals surface area contributed by atoms with Crippen LogP contribution >= 0.6 is 0 Å². The summed E-state index contributed by atoms with van der Waals surface area (Å²) < 4.78 is 1.32. The number of nitro groups is 1. The van der Waals surface area contributed by atoms with Crippen molar-refractivity contribution >= 4 is 17.4 Å². The summed E-state index contributed by atoms with van der Waals surface area (Å²) >= 11 is 0. The Balaban J connectivity index is 1.72. The Bertz CT molecular complexity index is 1160. The van der Waals surface area contributed by atoms with E-state index in [-0.39, 0.29) is 28.6 Å². The highest BCUT2D eigenvalue weighted by molar-refractivity contribution is 6.06. The Morgan fingerprint density at radius 3 is 2.89 bits per heavy atom. The minimum Gasteiger partial charge on any atom is -0.306 e. The normalized spacial score (nSPS) is 12.6. The largest absolute Gasteiger partial charge is 0.306 e. The third-order valence-corrected chi connectivity index (χ3v) is 4.55. The predicted molar refractivity (Wildman–Crippen MR) is 99.8 cm³/mol. The maximum absolute atomic E-state index is 12.6. The molecule has 0 saturated carbocycles. The highest BCUT2D eigenvalue weighted by atomic mass is 16.6. The number of amides is 1. The van der Waals surface area contributed by atoms with E-state index in [1.165, 1.54) is 22.9 Å². The van der Waals surface area contributed by atoms with Crippen molar-refractivity contribution in [2.75, 3.05) is 5.32 Å². The van der Waals surface area contributed by atoms with Crippen molar-refractivity contribution in [2.24, 2.45) is 0 Å². The zero-order valence-corrected chi connectivity index (χ0v) is 14.9. The number of carbonyl (C=O) groups excluding carboxylic acids is 1. The summed E-state index contributed by atoms with van der Waals surface area (Å²) in [7, 11) is 0. The van der Waals surface area contributed by atoms with Crippen LogP contribution in [0, 0.1) is 17.0 Å². The highest BCUT2D eigenvalue weighted by Gasteiger charge is 2.23. The van der Waals surface area contributed by atoms with Gasteiger partial charge in [-0.3, -0.25) is 24.7 Å². The first-order valence-corrected chi connectivity index (χ1v) is 8.68. The average molecular weight is 380 g/mol. The number of nitrogens with one attached hydrogen (secondary N) is 2. The molecule has 1 aliphatic carbocycles. The van der Waals surface area contributed by atoms with Crippen LogP contribution in [0.3, 0.4) is 0 Å². The molecule has 10 nitrogen and oxygen atoms in total. The van der Waals surface area contributed by atoms with E-state index >= 15 is 0 Å². The molecular formula is C18H16N6O4. The molecule has 142 valence electrons. The van der Waals surface area contributed by atoms with E-state index in [0.29, 0.717) is 24.1 Å². The van der Waals surface area contributed by atoms with Crippen LogP contribution in [-0.4, -0.2) is 30.6 Å². The predicted octanol–water partition coefficient (Wildman–Crippen LogP) is 1.91. The van der Waals surface area contributed by atoms with E-state index in [4.69, 9.17) is 0 Å². The van der Waals surface area contributed by atoms with Gasteiger partial charge in [-0.1, -0.05) is 12.1 Å². The lowest BCUT2D eigenvalue weighted by molar-refractivity contribution is -0.385. The number of H-pyrrole nitrogens is 1. The number of aromatic amines is 1. The molecule has 28 heavy (non-hydrogen) atoms. The van der Waals surface area contributed by atoms with Crippen LogP contribution in [0.1, 0.15) is 33.7 Å². The summed E-state index contributed by atoms with van der Waals surface area (Å²) in [6.07, 6.45) is 2.27. The van der Waals surface area contributed by atoms with Crippen molar-refractivity contribution in [2.45, 2.75) is 26.2 Å². The van der Waals surface area contributed by atoms with E-state index in [9.17, 15) is 19.7 Å². The first-order chi connectivity index (χ1) is 13.4.